The average Bonchev–Trinajstić information content (AvgIpc) is 3.26. The molecule has 3 aromatic rings. The molecule has 0 spiro atoms. The number of pyridine rings is 1. The summed E-state index contributed by atoms with van der Waals surface area (Å²) >= 11 is 6.10. The van der Waals surface area contributed by atoms with Gasteiger partial charge < -0.3 is 20.3 Å². The normalized spacial score (nSPS) is 10.9. The van der Waals surface area contributed by atoms with E-state index in [4.69, 9.17) is 16.7 Å². The summed E-state index contributed by atoms with van der Waals surface area (Å²) in [5.74, 6) is -1.32. The molecule has 0 aliphatic heterocycles. The highest BCUT2D eigenvalue weighted by Gasteiger charge is 2.13. The molecular weight excluding hydrogens is 446 g/mol. The maximum absolute atomic E-state index is 13.0. The first-order valence-corrected chi connectivity index (χ1v) is 10.8. The Morgan fingerprint density at radius 3 is 2.64 bits per heavy atom. The van der Waals surface area contributed by atoms with E-state index in [1.54, 1.807) is 25.3 Å². The molecule has 2 heterocycles. The van der Waals surface area contributed by atoms with E-state index in [9.17, 15) is 14.4 Å². The predicted octanol–water partition coefficient (Wildman–Crippen LogP) is 1.98. The van der Waals surface area contributed by atoms with Crippen LogP contribution in [0.5, 0.6) is 0 Å². The van der Waals surface area contributed by atoms with Crippen LogP contribution in [0.2, 0.25) is 5.02 Å². The first kappa shape index (κ1) is 24.2. The van der Waals surface area contributed by atoms with Crippen LogP contribution < -0.4 is 16.2 Å². The number of rotatable bonds is 10. The highest BCUT2D eigenvalue weighted by Crippen LogP contribution is 2.16. The zero-order chi connectivity index (χ0) is 24.0. The highest BCUT2D eigenvalue weighted by atomic mass is 35.5. The molecule has 1 aromatic carbocycles. The first-order chi connectivity index (χ1) is 15.8. The maximum atomic E-state index is 13.0. The molecule has 0 saturated carbocycles. The van der Waals surface area contributed by atoms with Gasteiger partial charge in [0.05, 0.1) is 24.7 Å². The molecule has 3 rings (SSSR count). The Morgan fingerprint density at radius 1 is 1.15 bits per heavy atom. The lowest BCUT2D eigenvalue weighted by Crippen LogP contribution is -2.31. The number of amides is 1. The summed E-state index contributed by atoms with van der Waals surface area (Å²) in [4.78, 5) is 36.6. The number of carbonyl (C=O) groups excluding carboxylic acids is 1. The smallest absolute Gasteiger partial charge is 0.338 e. The standard InChI is InChI=1S/C23H26ClN5O4/c1-15-5-6-28(7-8-29-14-18(13-27-29)23(32)33)22(31)20(15)10-21(30)26-12-17-9-19(24)4-3-16(17)11-25-2/h3-6,9,13-14,25H,7-8,10-12H2,1-2H3,(H,26,30)(H,32,33). The number of aryl methyl sites for hydroxylation is 3. The van der Waals surface area contributed by atoms with Gasteiger partial charge in [-0.25, -0.2) is 4.79 Å². The number of aromatic carboxylic acids is 1. The fourth-order valence-electron chi connectivity index (χ4n) is 3.45. The Morgan fingerprint density at radius 2 is 1.94 bits per heavy atom. The van der Waals surface area contributed by atoms with E-state index < -0.39 is 5.97 Å². The molecule has 1 amide bonds. The minimum Gasteiger partial charge on any atom is -0.478 e. The molecule has 10 heteroatoms. The van der Waals surface area contributed by atoms with Crippen LogP contribution in [0.3, 0.4) is 0 Å². The SMILES string of the molecule is CNCc1ccc(Cl)cc1CNC(=O)Cc1c(C)ccn(CCn2cc(C(=O)O)cn2)c1=O. The fraction of sp³-hybridized carbons (Fsp3) is 0.304. The number of carbonyl (C=O) groups is 2. The lowest BCUT2D eigenvalue weighted by molar-refractivity contribution is -0.120. The molecule has 0 fully saturated rings. The van der Waals surface area contributed by atoms with E-state index in [0.717, 1.165) is 16.7 Å². The summed E-state index contributed by atoms with van der Waals surface area (Å²) in [5.41, 5.74) is 2.92. The molecule has 0 aliphatic carbocycles. The summed E-state index contributed by atoms with van der Waals surface area (Å²) in [6.45, 7) is 3.37. The van der Waals surface area contributed by atoms with E-state index >= 15 is 0 Å². The van der Waals surface area contributed by atoms with Gasteiger partial charge in [0.1, 0.15) is 0 Å². The number of hydrogen-bond donors (Lipinski definition) is 3. The van der Waals surface area contributed by atoms with Crippen LogP contribution in [0.15, 0.2) is 47.7 Å². The zero-order valence-corrected chi connectivity index (χ0v) is 19.2. The van der Waals surface area contributed by atoms with Crippen molar-refractivity contribution in [2.75, 3.05) is 7.05 Å². The molecule has 9 nitrogen and oxygen atoms in total. The lowest BCUT2D eigenvalue weighted by atomic mass is 10.1. The van der Waals surface area contributed by atoms with E-state index in [1.807, 2.05) is 19.2 Å². The Kier molecular flexibility index (Phi) is 8.02. The van der Waals surface area contributed by atoms with Gasteiger partial charge in [-0.3, -0.25) is 14.3 Å². The monoisotopic (exact) mass is 471 g/mol. The summed E-state index contributed by atoms with van der Waals surface area (Å²) in [6.07, 6.45) is 4.29. The minimum absolute atomic E-state index is 0.0433. The van der Waals surface area contributed by atoms with Crippen LogP contribution in [0.25, 0.3) is 0 Å². The maximum Gasteiger partial charge on any atom is 0.338 e. The van der Waals surface area contributed by atoms with Gasteiger partial charge in [0, 0.05) is 42.6 Å². The minimum atomic E-state index is -1.06. The van der Waals surface area contributed by atoms with Gasteiger partial charge in [-0.05, 0) is 48.9 Å². The van der Waals surface area contributed by atoms with Gasteiger partial charge in [-0.2, -0.15) is 5.10 Å². The molecule has 3 N–H and O–H groups in total. The molecular formula is C23H26ClN5O4. The average molecular weight is 472 g/mol. The van der Waals surface area contributed by atoms with Crippen molar-refractivity contribution in [3.05, 3.63) is 86.0 Å². The second-order valence-electron chi connectivity index (χ2n) is 7.67. The number of nitrogens with zero attached hydrogens (tertiary/aromatic N) is 3. The number of benzene rings is 1. The third kappa shape index (κ3) is 6.30. The van der Waals surface area contributed by atoms with Crippen LogP contribution in [0, 0.1) is 6.92 Å². The molecule has 2 aromatic heterocycles. The number of halogens is 1. The van der Waals surface area contributed by atoms with E-state index in [0.29, 0.717) is 36.8 Å². The van der Waals surface area contributed by atoms with Crippen molar-refractivity contribution in [3.8, 4) is 0 Å². The van der Waals surface area contributed by atoms with Crippen LogP contribution in [-0.4, -0.2) is 38.4 Å². The Labute approximate surface area is 196 Å². The van der Waals surface area contributed by atoms with Gasteiger partial charge in [0.2, 0.25) is 5.91 Å². The van der Waals surface area contributed by atoms with Gasteiger partial charge in [0.15, 0.2) is 0 Å². The molecule has 0 bridgehead atoms. The first-order valence-electron chi connectivity index (χ1n) is 10.4. The van der Waals surface area contributed by atoms with E-state index in [1.165, 1.54) is 21.6 Å². The second kappa shape index (κ2) is 10.9. The van der Waals surface area contributed by atoms with Crippen LogP contribution >= 0.6 is 11.6 Å². The van der Waals surface area contributed by atoms with Crippen molar-refractivity contribution < 1.29 is 14.7 Å². The predicted molar refractivity (Wildman–Crippen MR) is 124 cm³/mol. The summed E-state index contributed by atoms with van der Waals surface area (Å²) < 4.78 is 2.97. The van der Waals surface area contributed by atoms with Crippen molar-refractivity contribution in [3.63, 3.8) is 0 Å². The van der Waals surface area contributed by atoms with Crippen molar-refractivity contribution >= 4 is 23.5 Å². The zero-order valence-electron chi connectivity index (χ0n) is 18.5. The molecule has 174 valence electrons. The number of hydrogen-bond acceptors (Lipinski definition) is 5. The molecule has 0 atom stereocenters. The number of aromatic nitrogens is 3. The summed E-state index contributed by atoms with van der Waals surface area (Å²) in [7, 11) is 1.84. The Balaban J connectivity index is 1.67. The molecule has 0 aliphatic rings. The van der Waals surface area contributed by atoms with Crippen molar-refractivity contribution in [2.45, 2.75) is 39.5 Å². The fourth-order valence-corrected chi connectivity index (χ4v) is 3.64. The van der Waals surface area contributed by atoms with Gasteiger partial charge in [0.25, 0.3) is 5.56 Å². The van der Waals surface area contributed by atoms with Crippen LogP contribution in [-0.2, 0) is 37.4 Å². The third-order valence-corrected chi connectivity index (χ3v) is 5.53. The molecule has 0 unspecified atom stereocenters. The number of carboxylic acid groups (broad SMARTS) is 1. The largest absolute Gasteiger partial charge is 0.478 e. The quantitative estimate of drug-likeness (QED) is 0.416. The van der Waals surface area contributed by atoms with E-state index in [2.05, 4.69) is 15.7 Å². The topological polar surface area (TPSA) is 118 Å². The summed E-state index contributed by atoms with van der Waals surface area (Å²) in [6, 6.07) is 7.33. The van der Waals surface area contributed by atoms with Crippen molar-refractivity contribution in [1.82, 2.24) is 25.0 Å². The summed E-state index contributed by atoms with van der Waals surface area (Å²) in [5, 5.41) is 19.5. The van der Waals surface area contributed by atoms with Gasteiger partial charge in [-0.1, -0.05) is 17.7 Å². The lowest BCUT2D eigenvalue weighted by Gasteiger charge is -2.13. The number of carboxylic acids is 1. The van der Waals surface area contributed by atoms with Crippen LogP contribution in [0.4, 0.5) is 0 Å². The van der Waals surface area contributed by atoms with Crippen LogP contribution in [0.1, 0.15) is 32.6 Å². The van der Waals surface area contributed by atoms with Crippen molar-refractivity contribution in [1.29, 1.82) is 0 Å². The van der Waals surface area contributed by atoms with Gasteiger partial charge >= 0.3 is 5.97 Å². The molecule has 0 saturated heterocycles. The number of nitrogens with one attached hydrogen (secondary N) is 2. The van der Waals surface area contributed by atoms with Crippen molar-refractivity contribution in [2.24, 2.45) is 0 Å². The Hall–Kier alpha value is -3.43. The van der Waals surface area contributed by atoms with E-state index in [-0.39, 0.29) is 23.5 Å². The second-order valence-corrected chi connectivity index (χ2v) is 8.11. The third-order valence-electron chi connectivity index (χ3n) is 5.30. The Bertz CT molecular complexity index is 1220. The van der Waals surface area contributed by atoms with Gasteiger partial charge in [-0.15, -0.1) is 0 Å². The highest BCUT2D eigenvalue weighted by molar-refractivity contribution is 6.30. The molecule has 33 heavy (non-hydrogen) atoms. The molecule has 0 radical (unpaired) electrons.